The summed E-state index contributed by atoms with van der Waals surface area (Å²) in [5.41, 5.74) is 2.50. The lowest BCUT2D eigenvalue weighted by Gasteiger charge is -2.26. The molecule has 1 aromatic rings. The summed E-state index contributed by atoms with van der Waals surface area (Å²) in [6, 6.07) is 6.22. The average molecular weight is 366 g/mol. The molecule has 2 N–H and O–H groups in total. The summed E-state index contributed by atoms with van der Waals surface area (Å²) in [5.74, 6) is -0.950. The first-order valence-corrected chi connectivity index (χ1v) is 8.66. The molecule has 4 nitrogen and oxygen atoms in total. The van der Waals surface area contributed by atoms with E-state index in [1.165, 1.54) is 11.1 Å². The second kappa shape index (κ2) is 6.41. The molecule has 2 aliphatic carbocycles. The fourth-order valence-electron chi connectivity index (χ4n) is 3.65. The van der Waals surface area contributed by atoms with Crippen molar-refractivity contribution in [1.29, 1.82) is 0 Å². The quantitative estimate of drug-likeness (QED) is 0.861. The molecule has 0 spiro atoms. The molecule has 0 aliphatic heterocycles. The SMILES string of the molecule is O=C(O)C1CCC(C(=O)NC2CCc3c(Br)cccc32)CC1. The Balaban J connectivity index is 1.60. The third kappa shape index (κ3) is 3.05. The topological polar surface area (TPSA) is 66.4 Å². The molecule has 22 heavy (non-hydrogen) atoms. The van der Waals surface area contributed by atoms with Crippen LogP contribution in [0.1, 0.15) is 49.3 Å². The van der Waals surface area contributed by atoms with Crippen LogP contribution in [-0.4, -0.2) is 17.0 Å². The van der Waals surface area contributed by atoms with Crippen molar-refractivity contribution in [1.82, 2.24) is 5.32 Å². The number of nitrogens with one attached hydrogen (secondary N) is 1. The molecule has 118 valence electrons. The Kier molecular flexibility index (Phi) is 4.52. The standard InChI is InChI=1S/C17H20BrNO3/c18-14-3-1-2-13-12(14)8-9-15(13)19-16(20)10-4-6-11(7-5-10)17(21)22/h1-3,10-11,15H,4-9H2,(H,19,20)(H,21,22). The van der Waals surface area contributed by atoms with Gasteiger partial charge in [-0.05, 0) is 55.7 Å². The van der Waals surface area contributed by atoms with Crippen LogP contribution in [-0.2, 0) is 16.0 Å². The lowest BCUT2D eigenvalue weighted by atomic mass is 9.81. The van der Waals surface area contributed by atoms with Gasteiger partial charge in [0.25, 0.3) is 0 Å². The van der Waals surface area contributed by atoms with Crippen LogP contribution in [0, 0.1) is 11.8 Å². The number of amides is 1. The summed E-state index contributed by atoms with van der Waals surface area (Å²) in [6.45, 7) is 0. The van der Waals surface area contributed by atoms with Crippen molar-refractivity contribution in [3.63, 3.8) is 0 Å². The third-order valence-corrected chi connectivity index (χ3v) is 5.72. The molecule has 0 bridgehead atoms. The van der Waals surface area contributed by atoms with E-state index in [1.807, 2.05) is 12.1 Å². The van der Waals surface area contributed by atoms with Gasteiger partial charge in [-0.2, -0.15) is 0 Å². The molecule has 1 saturated carbocycles. The lowest BCUT2D eigenvalue weighted by molar-refractivity contribution is -0.144. The van der Waals surface area contributed by atoms with Gasteiger partial charge in [-0.25, -0.2) is 0 Å². The van der Waals surface area contributed by atoms with E-state index in [-0.39, 0.29) is 23.8 Å². The minimum atomic E-state index is -0.728. The van der Waals surface area contributed by atoms with Crippen molar-refractivity contribution in [2.45, 2.75) is 44.6 Å². The maximum atomic E-state index is 12.5. The van der Waals surface area contributed by atoms with Gasteiger partial charge in [-0.3, -0.25) is 9.59 Å². The summed E-state index contributed by atoms with van der Waals surface area (Å²) < 4.78 is 1.11. The Morgan fingerprint density at radius 2 is 1.77 bits per heavy atom. The maximum absolute atomic E-state index is 12.5. The molecule has 1 aromatic carbocycles. The molecule has 1 atom stereocenters. The first-order valence-electron chi connectivity index (χ1n) is 7.86. The predicted molar refractivity (Wildman–Crippen MR) is 86.4 cm³/mol. The van der Waals surface area contributed by atoms with E-state index in [2.05, 4.69) is 27.3 Å². The molecule has 3 rings (SSSR count). The Morgan fingerprint density at radius 1 is 1.09 bits per heavy atom. The molecule has 0 saturated heterocycles. The molecule has 1 unspecified atom stereocenters. The van der Waals surface area contributed by atoms with Gasteiger partial charge in [0.05, 0.1) is 12.0 Å². The van der Waals surface area contributed by atoms with Crippen LogP contribution in [0.3, 0.4) is 0 Å². The number of hydrogen-bond donors (Lipinski definition) is 2. The largest absolute Gasteiger partial charge is 0.481 e. The Hall–Kier alpha value is -1.36. The Morgan fingerprint density at radius 3 is 2.45 bits per heavy atom. The molecule has 2 aliphatic rings. The van der Waals surface area contributed by atoms with E-state index in [0.29, 0.717) is 25.7 Å². The molecular weight excluding hydrogens is 346 g/mol. The molecule has 0 aromatic heterocycles. The second-order valence-corrected chi connectivity index (χ2v) is 7.15. The zero-order chi connectivity index (χ0) is 15.7. The summed E-state index contributed by atoms with van der Waals surface area (Å²) in [7, 11) is 0. The van der Waals surface area contributed by atoms with E-state index < -0.39 is 5.97 Å². The van der Waals surface area contributed by atoms with Gasteiger partial charge in [-0.15, -0.1) is 0 Å². The Bertz CT molecular complexity index is 594. The van der Waals surface area contributed by atoms with Crippen LogP contribution in [0.5, 0.6) is 0 Å². The number of aliphatic carboxylic acids is 1. The van der Waals surface area contributed by atoms with Gasteiger partial charge < -0.3 is 10.4 Å². The zero-order valence-corrected chi connectivity index (χ0v) is 13.9. The average Bonchev–Trinajstić information content (AvgIpc) is 2.92. The highest BCUT2D eigenvalue weighted by Crippen LogP contribution is 2.36. The minimum absolute atomic E-state index is 0.0354. The molecular formula is C17H20BrNO3. The van der Waals surface area contributed by atoms with Gasteiger partial charge in [0.15, 0.2) is 0 Å². The summed E-state index contributed by atoms with van der Waals surface area (Å²) >= 11 is 3.57. The first kappa shape index (κ1) is 15.5. The van der Waals surface area contributed by atoms with Gasteiger partial charge in [0, 0.05) is 10.4 Å². The number of rotatable bonds is 3. The second-order valence-electron chi connectivity index (χ2n) is 6.29. The van der Waals surface area contributed by atoms with Crippen LogP contribution in [0.25, 0.3) is 0 Å². The monoisotopic (exact) mass is 365 g/mol. The number of carboxylic acids is 1. The smallest absolute Gasteiger partial charge is 0.306 e. The fourth-order valence-corrected chi connectivity index (χ4v) is 4.23. The summed E-state index contributed by atoms with van der Waals surface area (Å²) in [4.78, 5) is 23.4. The van der Waals surface area contributed by atoms with Gasteiger partial charge in [-0.1, -0.05) is 28.1 Å². The number of carboxylic acid groups (broad SMARTS) is 1. The fraction of sp³-hybridized carbons (Fsp3) is 0.529. The van der Waals surface area contributed by atoms with Crippen molar-refractivity contribution >= 4 is 27.8 Å². The van der Waals surface area contributed by atoms with Crippen LogP contribution >= 0.6 is 15.9 Å². The van der Waals surface area contributed by atoms with E-state index in [1.54, 1.807) is 0 Å². The van der Waals surface area contributed by atoms with Crippen molar-refractivity contribution in [3.8, 4) is 0 Å². The predicted octanol–water partition coefficient (Wildman–Crippen LogP) is 3.44. The number of fused-ring (bicyclic) bond motifs is 1. The molecule has 0 radical (unpaired) electrons. The lowest BCUT2D eigenvalue weighted by Crippen LogP contribution is -2.36. The normalized spacial score (nSPS) is 27.2. The van der Waals surface area contributed by atoms with Crippen molar-refractivity contribution in [2.24, 2.45) is 11.8 Å². The van der Waals surface area contributed by atoms with E-state index in [9.17, 15) is 9.59 Å². The van der Waals surface area contributed by atoms with Crippen LogP contribution in [0.2, 0.25) is 0 Å². The van der Waals surface area contributed by atoms with Crippen LogP contribution in [0.4, 0.5) is 0 Å². The van der Waals surface area contributed by atoms with Crippen molar-refractivity contribution in [2.75, 3.05) is 0 Å². The summed E-state index contributed by atoms with van der Waals surface area (Å²) in [5, 5.41) is 12.2. The van der Waals surface area contributed by atoms with Crippen molar-refractivity contribution in [3.05, 3.63) is 33.8 Å². The summed E-state index contributed by atoms with van der Waals surface area (Å²) in [6.07, 6.45) is 4.50. The molecule has 5 heteroatoms. The highest BCUT2D eigenvalue weighted by Gasteiger charge is 2.32. The van der Waals surface area contributed by atoms with E-state index in [0.717, 1.165) is 17.3 Å². The van der Waals surface area contributed by atoms with Gasteiger partial charge in [0.1, 0.15) is 0 Å². The molecule has 1 fully saturated rings. The number of benzene rings is 1. The number of carbonyl (C=O) groups is 2. The molecule has 1 amide bonds. The highest BCUT2D eigenvalue weighted by molar-refractivity contribution is 9.10. The third-order valence-electron chi connectivity index (χ3n) is 4.98. The first-order chi connectivity index (χ1) is 10.6. The number of carbonyl (C=O) groups excluding carboxylic acids is 1. The van der Waals surface area contributed by atoms with Gasteiger partial charge >= 0.3 is 5.97 Å². The van der Waals surface area contributed by atoms with Crippen LogP contribution in [0.15, 0.2) is 22.7 Å². The van der Waals surface area contributed by atoms with E-state index in [4.69, 9.17) is 5.11 Å². The Labute approximate surface area is 138 Å². The van der Waals surface area contributed by atoms with Crippen molar-refractivity contribution < 1.29 is 14.7 Å². The molecule has 0 heterocycles. The zero-order valence-electron chi connectivity index (χ0n) is 12.3. The van der Waals surface area contributed by atoms with Crippen LogP contribution < -0.4 is 5.32 Å². The van der Waals surface area contributed by atoms with Gasteiger partial charge in [0.2, 0.25) is 5.91 Å². The minimum Gasteiger partial charge on any atom is -0.481 e. The maximum Gasteiger partial charge on any atom is 0.306 e. The highest BCUT2D eigenvalue weighted by atomic mass is 79.9. The van der Waals surface area contributed by atoms with E-state index >= 15 is 0 Å². The number of halogens is 1. The number of hydrogen-bond acceptors (Lipinski definition) is 2.